The Bertz CT molecular complexity index is 338. The maximum atomic E-state index is 11.8. The van der Waals surface area contributed by atoms with E-state index in [4.69, 9.17) is 4.74 Å². The zero-order valence-corrected chi connectivity index (χ0v) is 12.0. The van der Waals surface area contributed by atoms with Gasteiger partial charge in [0, 0.05) is 0 Å². The molecule has 18 heavy (non-hydrogen) atoms. The van der Waals surface area contributed by atoms with Crippen LogP contribution in [0.15, 0.2) is 30.3 Å². The van der Waals surface area contributed by atoms with Crippen LogP contribution in [-0.4, -0.2) is 18.8 Å². The Hall–Kier alpha value is -0.960. The van der Waals surface area contributed by atoms with Crippen LogP contribution in [0.5, 0.6) is 0 Å². The van der Waals surface area contributed by atoms with Crippen molar-refractivity contribution in [1.82, 2.24) is 0 Å². The molecule has 0 amide bonds. The predicted octanol–water partition coefficient (Wildman–Crippen LogP) is 4.21. The highest BCUT2D eigenvalue weighted by Crippen LogP contribution is 2.30. The van der Waals surface area contributed by atoms with Gasteiger partial charge in [-0.25, -0.2) is 0 Å². The number of esters is 1. The number of hydrogen-bond donors (Lipinski definition) is 0. The summed E-state index contributed by atoms with van der Waals surface area (Å²) in [6.07, 6.45) is 4.92. The highest BCUT2D eigenvalue weighted by molar-refractivity contribution is 8.00. The third kappa shape index (κ3) is 5.13. The Morgan fingerprint density at radius 3 is 2.56 bits per heavy atom. The van der Waals surface area contributed by atoms with Gasteiger partial charge in [0.1, 0.15) is 5.25 Å². The number of hydrogen-bond acceptors (Lipinski definition) is 3. The van der Waals surface area contributed by atoms with Gasteiger partial charge in [0.25, 0.3) is 0 Å². The molecule has 3 heteroatoms. The number of thioether (sulfide) groups is 1. The number of ether oxygens (including phenoxy) is 1. The second-order valence-corrected chi connectivity index (χ2v) is 5.46. The first-order valence-corrected chi connectivity index (χ1v) is 7.58. The molecule has 0 spiro atoms. The summed E-state index contributed by atoms with van der Waals surface area (Å²) in [5, 5.41) is -0.183. The average molecular weight is 266 g/mol. The van der Waals surface area contributed by atoms with E-state index < -0.39 is 0 Å². The Morgan fingerprint density at radius 2 is 1.94 bits per heavy atom. The van der Waals surface area contributed by atoms with E-state index in [-0.39, 0.29) is 11.2 Å². The molecule has 0 bridgehead atoms. The van der Waals surface area contributed by atoms with Crippen molar-refractivity contribution in [2.24, 2.45) is 0 Å². The van der Waals surface area contributed by atoms with Crippen molar-refractivity contribution in [3.63, 3.8) is 0 Å². The van der Waals surface area contributed by atoms with E-state index in [0.717, 1.165) is 11.3 Å². The summed E-state index contributed by atoms with van der Waals surface area (Å²) in [7, 11) is 1.45. The van der Waals surface area contributed by atoms with Crippen LogP contribution in [0.1, 0.15) is 43.4 Å². The minimum atomic E-state index is -0.183. The molecule has 0 aromatic heterocycles. The zero-order valence-electron chi connectivity index (χ0n) is 11.2. The Balaban J connectivity index is 2.50. The number of carbonyl (C=O) groups excluding carboxylic acids is 1. The molecule has 0 aliphatic heterocycles. The summed E-state index contributed by atoms with van der Waals surface area (Å²) in [5.41, 5.74) is 1.03. The minimum Gasteiger partial charge on any atom is -0.468 e. The highest BCUT2D eigenvalue weighted by Gasteiger charge is 2.21. The van der Waals surface area contributed by atoms with Crippen molar-refractivity contribution in [2.75, 3.05) is 12.9 Å². The van der Waals surface area contributed by atoms with Crippen LogP contribution in [-0.2, 0) is 9.53 Å². The lowest BCUT2D eigenvalue weighted by atomic mass is 10.1. The smallest absolute Gasteiger partial charge is 0.323 e. The van der Waals surface area contributed by atoms with Gasteiger partial charge in [-0.2, -0.15) is 0 Å². The van der Waals surface area contributed by atoms with E-state index in [0.29, 0.717) is 0 Å². The van der Waals surface area contributed by atoms with Crippen molar-refractivity contribution in [3.05, 3.63) is 35.9 Å². The molecule has 0 saturated heterocycles. The minimum absolute atomic E-state index is 0.151. The van der Waals surface area contributed by atoms with Crippen molar-refractivity contribution in [2.45, 2.75) is 37.9 Å². The molecule has 0 N–H and O–H groups in total. The molecular weight excluding hydrogens is 244 g/mol. The van der Waals surface area contributed by atoms with Crippen LogP contribution in [0.2, 0.25) is 0 Å². The molecule has 0 fully saturated rings. The van der Waals surface area contributed by atoms with Crippen molar-refractivity contribution in [3.8, 4) is 0 Å². The van der Waals surface area contributed by atoms with Gasteiger partial charge in [-0.15, -0.1) is 11.8 Å². The van der Waals surface area contributed by atoms with Gasteiger partial charge in [-0.05, 0) is 17.7 Å². The number of rotatable bonds is 8. The third-order valence-electron chi connectivity index (χ3n) is 2.80. The molecule has 0 heterocycles. The van der Waals surface area contributed by atoms with Gasteiger partial charge in [0.05, 0.1) is 7.11 Å². The molecule has 1 aromatic carbocycles. The Morgan fingerprint density at radius 1 is 1.22 bits per heavy atom. The molecular formula is C15H22O2S. The van der Waals surface area contributed by atoms with Gasteiger partial charge in [0.2, 0.25) is 0 Å². The van der Waals surface area contributed by atoms with Gasteiger partial charge in [-0.1, -0.05) is 56.5 Å². The molecule has 100 valence electrons. The molecule has 1 atom stereocenters. The van der Waals surface area contributed by atoms with Crippen LogP contribution < -0.4 is 0 Å². The number of benzene rings is 1. The Kier molecular flexibility index (Phi) is 7.58. The monoisotopic (exact) mass is 266 g/mol. The van der Waals surface area contributed by atoms with Crippen LogP contribution in [0.25, 0.3) is 0 Å². The number of unbranched alkanes of at least 4 members (excludes halogenated alkanes) is 3. The summed E-state index contributed by atoms with van der Waals surface area (Å²) in [5.74, 6) is 0.857. The molecule has 0 aliphatic carbocycles. The number of methoxy groups -OCH3 is 1. The van der Waals surface area contributed by atoms with Crippen LogP contribution >= 0.6 is 11.8 Å². The summed E-state index contributed by atoms with van der Waals surface area (Å²) >= 11 is 1.68. The maximum absolute atomic E-state index is 11.8. The van der Waals surface area contributed by atoms with Crippen molar-refractivity contribution >= 4 is 17.7 Å². The second kappa shape index (κ2) is 9.03. The van der Waals surface area contributed by atoms with E-state index in [1.807, 2.05) is 30.3 Å². The maximum Gasteiger partial charge on any atom is 0.323 e. The molecule has 1 aromatic rings. The standard InChI is InChI=1S/C15H22O2S/c1-3-4-5-9-12-18-14(15(16)17-2)13-10-7-6-8-11-13/h6-8,10-11,14H,3-5,9,12H2,1-2H3. The van der Waals surface area contributed by atoms with E-state index in [2.05, 4.69) is 6.92 Å². The quantitative estimate of drug-likeness (QED) is 0.520. The summed E-state index contributed by atoms with van der Waals surface area (Å²) in [6.45, 7) is 2.20. The van der Waals surface area contributed by atoms with Crippen LogP contribution in [0.4, 0.5) is 0 Å². The summed E-state index contributed by atoms with van der Waals surface area (Å²) in [6, 6.07) is 9.86. The predicted molar refractivity (Wildman–Crippen MR) is 77.8 cm³/mol. The lowest BCUT2D eigenvalue weighted by molar-refractivity contribution is -0.140. The fourth-order valence-electron chi connectivity index (χ4n) is 1.77. The molecule has 0 radical (unpaired) electrons. The second-order valence-electron chi connectivity index (χ2n) is 4.25. The summed E-state index contributed by atoms with van der Waals surface area (Å²) < 4.78 is 4.89. The van der Waals surface area contributed by atoms with Crippen LogP contribution in [0, 0.1) is 0 Å². The largest absolute Gasteiger partial charge is 0.468 e. The van der Waals surface area contributed by atoms with Crippen LogP contribution in [0.3, 0.4) is 0 Å². The van der Waals surface area contributed by atoms with E-state index in [9.17, 15) is 4.79 Å². The lowest BCUT2D eigenvalue weighted by Crippen LogP contribution is -2.11. The molecule has 0 saturated carbocycles. The van der Waals surface area contributed by atoms with E-state index in [1.165, 1.54) is 32.8 Å². The average Bonchev–Trinajstić information content (AvgIpc) is 2.43. The molecule has 1 unspecified atom stereocenters. The zero-order chi connectivity index (χ0) is 13.2. The molecule has 2 nitrogen and oxygen atoms in total. The topological polar surface area (TPSA) is 26.3 Å². The van der Waals surface area contributed by atoms with Gasteiger partial charge in [-0.3, -0.25) is 4.79 Å². The Labute approximate surface area is 114 Å². The van der Waals surface area contributed by atoms with Gasteiger partial charge < -0.3 is 4.74 Å². The lowest BCUT2D eigenvalue weighted by Gasteiger charge is -2.14. The van der Waals surface area contributed by atoms with Gasteiger partial charge in [0.15, 0.2) is 0 Å². The van der Waals surface area contributed by atoms with E-state index in [1.54, 1.807) is 11.8 Å². The van der Waals surface area contributed by atoms with E-state index >= 15 is 0 Å². The number of carbonyl (C=O) groups is 1. The van der Waals surface area contributed by atoms with Crippen molar-refractivity contribution in [1.29, 1.82) is 0 Å². The first-order chi connectivity index (χ1) is 8.79. The normalized spacial score (nSPS) is 12.1. The molecule has 1 rings (SSSR count). The molecule has 0 aliphatic rings. The fraction of sp³-hybridized carbons (Fsp3) is 0.533. The third-order valence-corrected chi connectivity index (χ3v) is 4.12. The first kappa shape index (κ1) is 15.1. The fourth-order valence-corrected chi connectivity index (χ4v) is 2.95. The SMILES string of the molecule is CCCCCCSC(C(=O)OC)c1ccccc1. The van der Waals surface area contributed by atoms with Crippen molar-refractivity contribution < 1.29 is 9.53 Å². The summed E-state index contributed by atoms with van der Waals surface area (Å²) in [4.78, 5) is 11.8. The highest BCUT2D eigenvalue weighted by atomic mass is 32.2. The first-order valence-electron chi connectivity index (χ1n) is 6.54. The van der Waals surface area contributed by atoms with Gasteiger partial charge >= 0.3 is 5.97 Å².